The average molecular weight is 238 g/mol. The van der Waals surface area contributed by atoms with E-state index in [1.165, 1.54) is 0 Å². The first-order valence-corrected chi connectivity index (χ1v) is 5.90. The van der Waals surface area contributed by atoms with Crippen LogP contribution in [0.2, 0.25) is 0 Å². The molecule has 1 heterocycles. The highest BCUT2D eigenvalue weighted by molar-refractivity contribution is 6.21. The first kappa shape index (κ1) is 10.8. The highest BCUT2D eigenvalue weighted by atomic mass is 16.2. The van der Waals surface area contributed by atoms with Crippen LogP contribution >= 0.6 is 0 Å². The van der Waals surface area contributed by atoms with Gasteiger partial charge in [0.15, 0.2) is 0 Å². The smallest absolute Gasteiger partial charge is 0.228 e. The summed E-state index contributed by atoms with van der Waals surface area (Å²) < 4.78 is 0. The summed E-state index contributed by atoms with van der Waals surface area (Å²) in [5.74, 6) is 0.0379. The van der Waals surface area contributed by atoms with Crippen LogP contribution in [0.1, 0.15) is 12.5 Å². The summed E-state index contributed by atoms with van der Waals surface area (Å²) in [5, 5.41) is 0. The number of carbonyl (C=O) groups excluding carboxylic acids is 1. The van der Waals surface area contributed by atoms with Crippen molar-refractivity contribution in [3.63, 3.8) is 0 Å². The molecule has 0 bridgehead atoms. The predicted octanol–water partition coefficient (Wildman–Crippen LogP) is 3.24. The van der Waals surface area contributed by atoms with Gasteiger partial charge in [0.25, 0.3) is 0 Å². The molecule has 3 nitrogen and oxygen atoms in total. The Morgan fingerprint density at radius 1 is 1.17 bits per heavy atom. The lowest BCUT2D eigenvalue weighted by Crippen LogP contribution is -2.07. The van der Waals surface area contributed by atoms with Gasteiger partial charge in [0.2, 0.25) is 5.91 Å². The fraction of sp³-hybridized carbons (Fsp3) is 0.133. The minimum atomic E-state index is 0.0379. The van der Waals surface area contributed by atoms with Crippen molar-refractivity contribution in [2.45, 2.75) is 13.8 Å². The van der Waals surface area contributed by atoms with Crippen LogP contribution in [0.3, 0.4) is 0 Å². The normalized spacial score (nSPS) is 12.2. The van der Waals surface area contributed by atoms with Gasteiger partial charge in [-0.15, -0.1) is 0 Å². The molecule has 90 valence electrons. The summed E-state index contributed by atoms with van der Waals surface area (Å²) in [5.41, 5.74) is 11.8. The third kappa shape index (κ3) is 1.40. The van der Waals surface area contributed by atoms with Gasteiger partial charge in [-0.2, -0.15) is 0 Å². The molecule has 1 aliphatic rings. The molecule has 0 unspecified atom stereocenters. The van der Waals surface area contributed by atoms with Crippen LogP contribution in [-0.2, 0) is 4.79 Å². The maximum atomic E-state index is 11.6. The second-order valence-corrected chi connectivity index (χ2v) is 4.56. The summed E-state index contributed by atoms with van der Waals surface area (Å²) in [4.78, 5) is 13.3. The van der Waals surface area contributed by atoms with E-state index in [1.807, 2.05) is 43.3 Å². The van der Waals surface area contributed by atoms with Gasteiger partial charge in [-0.05, 0) is 24.1 Å². The number of benzene rings is 2. The Kier molecular flexibility index (Phi) is 2.17. The summed E-state index contributed by atoms with van der Waals surface area (Å²) in [6.07, 6.45) is 0. The maximum Gasteiger partial charge on any atom is 0.228 e. The molecule has 3 rings (SSSR count). The summed E-state index contributed by atoms with van der Waals surface area (Å²) in [6, 6.07) is 12.0. The van der Waals surface area contributed by atoms with Crippen LogP contribution in [-0.4, -0.2) is 5.91 Å². The van der Waals surface area contributed by atoms with E-state index in [4.69, 9.17) is 5.73 Å². The number of hydrogen-bond donors (Lipinski definition) is 1. The van der Waals surface area contributed by atoms with E-state index in [2.05, 4.69) is 0 Å². The van der Waals surface area contributed by atoms with Gasteiger partial charge in [-0.3, -0.25) is 9.69 Å². The fourth-order valence-corrected chi connectivity index (χ4v) is 2.38. The summed E-state index contributed by atoms with van der Waals surface area (Å²) in [6.45, 7) is 3.52. The number of nitrogens with zero attached hydrogens (tertiary/aromatic N) is 1. The van der Waals surface area contributed by atoms with Crippen LogP contribution < -0.4 is 10.6 Å². The lowest BCUT2D eigenvalue weighted by Gasteiger charge is -2.02. The van der Waals surface area contributed by atoms with Crippen molar-refractivity contribution in [3.8, 4) is 11.1 Å². The van der Waals surface area contributed by atoms with E-state index in [0.29, 0.717) is 0 Å². The number of fused-ring (bicyclic) bond motifs is 1. The average Bonchev–Trinajstić information content (AvgIpc) is 3.10. The molecule has 18 heavy (non-hydrogen) atoms. The highest BCUT2D eigenvalue weighted by Gasteiger charge is 2.38. The molecule has 1 amide bonds. The van der Waals surface area contributed by atoms with Gasteiger partial charge in [0.1, 0.15) is 0 Å². The molecule has 1 aliphatic heterocycles. The largest absolute Gasteiger partial charge is 0.398 e. The van der Waals surface area contributed by atoms with Crippen LogP contribution in [0.25, 0.3) is 11.1 Å². The van der Waals surface area contributed by atoms with Crippen molar-refractivity contribution in [2.75, 3.05) is 10.6 Å². The van der Waals surface area contributed by atoms with Crippen LogP contribution in [0.4, 0.5) is 17.1 Å². The third-order valence-electron chi connectivity index (χ3n) is 3.36. The molecular formula is C15H14N2O. The Morgan fingerprint density at radius 2 is 1.83 bits per heavy atom. The standard InChI is InChI=1S/C15H14N2O/c1-9-13(16)8-12(11-6-4-3-5-7-11)15-14(9)17(15)10(2)18/h3-8H,16H2,1-2H3. The monoisotopic (exact) mass is 238 g/mol. The zero-order valence-corrected chi connectivity index (χ0v) is 10.4. The molecule has 2 aromatic rings. The number of anilines is 3. The SMILES string of the molecule is CC(=O)N1c2c(-c3ccccc3)cc(N)c(C)c21. The molecule has 0 radical (unpaired) electrons. The second kappa shape index (κ2) is 3.60. The molecule has 2 aromatic carbocycles. The maximum absolute atomic E-state index is 11.6. The number of carbonyl (C=O) groups is 1. The van der Waals surface area contributed by atoms with Crippen LogP contribution in [0.15, 0.2) is 36.4 Å². The number of nitrogens with two attached hydrogens (primary N) is 1. The van der Waals surface area contributed by atoms with Crippen molar-refractivity contribution >= 4 is 23.0 Å². The Balaban J connectivity index is 2.21. The number of amides is 1. The minimum absolute atomic E-state index is 0.0379. The zero-order valence-electron chi connectivity index (χ0n) is 10.4. The molecule has 0 saturated carbocycles. The van der Waals surface area contributed by atoms with Crippen molar-refractivity contribution in [2.24, 2.45) is 0 Å². The van der Waals surface area contributed by atoms with E-state index in [1.54, 1.807) is 11.8 Å². The molecular weight excluding hydrogens is 224 g/mol. The molecule has 0 fully saturated rings. The van der Waals surface area contributed by atoms with Crippen LogP contribution in [0, 0.1) is 6.92 Å². The van der Waals surface area contributed by atoms with E-state index in [9.17, 15) is 4.79 Å². The number of hydrogen-bond acceptors (Lipinski definition) is 2. The quantitative estimate of drug-likeness (QED) is 0.612. The first-order chi connectivity index (χ1) is 8.61. The lowest BCUT2D eigenvalue weighted by molar-refractivity contribution is -0.115. The molecule has 3 heteroatoms. The topological polar surface area (TPSA) is 46.1 Å². The van der Waals surface area contributed by atoms with E-state index >= 15 is 0 Å². The highest BCUT2D eigenvalue weighted by Crippen LogP contribution is 2.57. The van der Waals surface area contributed by atoms with Gasteiger partial charge in [0, 0.05) is 18.2 Å². The summed E-state index contributed by atoms with van der Waals surface area (Å²) in [7, 11) is 0. The van der Waals surface area contributed by atoms with Crippen molar-refractivity contribution in [1.29, 1.82) is 0 Å². The second-order valence-electron chi connectivity index (χ2n) is 4.56. The van der Waals surface area contributed by atoms with E-state index in [0.717, 1.165) is 33.8 Å². The van der Waals surface area contributed by atoms with Crippen molar-refractivity contribution < 1.29 is 4.79 Å². The summed E-state index contributed by atoms with van der Waals surface area (Å²) >= 11 is 0. The van der Waals surface area contributed by atoms with Crippen molar-refractivity contribution in [3.05, 3.63) is 42.0 Å². The van der Waals surface area contributed by atoms with Gasteiger partial charge in [-0.1, -0.05) is 30.3 Å². The zero-order chi connectivity index (χ0) is 12.9. The number of rotatable bonds is 1. The first-order valence-electron chi connectivity index (χ1n) is 5.90. The molecule has 0 aromatic heterocycles. The molecule has 0 spiro atoms. The minimum Gasteiger partial charge on any atom is -0.398 e. The van der Waals surface area contributed by atoms with Gasteiger partial charge >= 0.3 is 0 Å². The number of nitrogen functional groups attached to an aromatic ring is 1. The third-order valence-corrected chi connectivity index (χ3v) is 3.36. The van der Waals surface area contributed by atoms with Crippen molar-refractivity contribution in [1.82, 2.24) is 0 Å². The van der Waals surface area contributed by atoms with Gasteiger partial charge in [-0.25, -0.2) is 0 Å². The lowest BCUT2D eigenvalue weighted by atomic mass is 10.0. The molecule has 2 N–H and O–H groups in total. The van der Waals surface area contributed by atoms with Gasteiger partial charge in [0.05, 0.1) is 11.4 Å². The van der Waals surface area contributed by atoms with E-state index < -0.39 is 0 Å². The Hall–Kier alpha value is -2.29. The fourth-order valence-electron chi connectivity index (χ4n) is 2.38. The molecule has 0 aliphatic carbocycles. The molecule has 0 saturated heterocycles. The molecule has 0 atom stereocenters. The predicted molar refractivity (Wildman–Crippen MR) is 73.8 cm³/mol. The Labute approximate surface area is 106 Å². The Morgan fingerprint density at radius 3 is 2.44 bits per heavy atom. The van der Waals surface area contributed by atoms with Gasteiger partial charge < -0.3 is 5.73 Å². The Bertz CT molecular complexity index is 647. The van der Waals surface area contributed by atoms with Crippen LogP contribution in [0.5, 0.6) is 0 Å². The van der Waals surface area contributed by atoms with E-state index in [-0.39, 0.29) is 5.91 Å².